The van der Waals surface area contributed by atoms with Gasteiger partial charge in [0.05, 0.1) is 6.61 Å². The lowest BCUT2D eigenvalue weighted by molar-refractivity contribution is -0.118. The second kappa shape index (κ2) is 28.8. The molecule has 5 aliphatic carbocycles. The second-order valence-corrected chi connectivity index (χ2v) is 24.4. The van der Waals surface area contributed by atoms with Gasteiger partial charge in [-0.25, -0.2) is 6.57 Å². The first-order valence-electron chi connectivity index (χ1n) is 25.8. The highest BCUT2D eigenvalue weighted by Gasteiger charge is 2.35. The molecule has 3 unspecified atom stereocenters. The van der Waals surface area contributed by atoms with E-state index in [2.05, 4.69) is 86.3 Å². The number of allylic oxidation sites excluding steroid dienone is 2. The number of amides is 1. The van der Waals surface area contributed by atoms with E-state index in [1.807, 2.05) is 49.4 Å². The van der Waals surface area contributed by atoms with Gasteiger partial charge in [-0.3, -0.25) is 19.2 Å². The van der Waals surface area contributed by atoms with Gasteiger partial charge in [-0.05, 0) is 164 Å². The average molecular weight is 959 g/mol. The molecule has 8 nitrogen and oxygen atoms in total. The Kier molecular flexibility index (Phi) is 25.5. The summed E-state index contributed by atoms with van der Waals surface area (Å²) in [6.45, 7) is 35.6. The summed E-state index contributed by atoms with van der Waals surface area (Å²) < 4.78 is 5.72. The Morgan fingerprint density at radius 1 is 0.735 bits per heavy atom. The van der Waals surface area contributed by atoms with Gasteiger partial charge in [0.2, 0.25) is 6.04 Å². The maximum Gasteiger partial charge on any atom is 0.252 e. The number of benzene rings is 2. The highest BCUT2D eigenvalue weighted by Crippen LogP contribution is 2.41. The van der Waals surface area contributed by atoms with Gasteiger partial charge in [0.1, 0.15) is 11.5 Å². The fourth-order valence-corrected chi connectivity index (χ4v) is 9.69. The number of ether oxygens (including phenoxy) is 1. The first-order chi connectivity index (χ1) is 31.7. The molecule has 3 N–H and O–H groups in total. The van der Waals surface area contributed by atoms with Gasteiger partial charge in [0, 0.05) is 49.8 Å². The normalized spacial score (nSPS) is 22.8. The minimum Gasteiger partial charge on any atom is -0.494 e. The van der Waals surface area contributed by atoms with Gasteiger partial charge in [-0.2, -0.15) is 0 Å². The van der Waals surface area contributed by atoms with Gasteiger partial charge in [0.25, 0.3) is 11.1 Å². The van der Waals surface area contributed by atoms with E-state index < -0.39 is 5.24 Å². The van der Waals surface area contributed by atoms with Crippen LogP contribution in [0.3, 0.4) is 0 Å². The standard InChI is InChI=1S/C21H33NO2.C8H7ClO.C8H13N.C8H17N.C7H12O.C7H10O/c1-4-5-6-7-14-24-19-10-8-18(9-11-19)20(23)22-16-17-12-13-21(2,3)15-17;1-6-2-4-7(5-3-6)8(9)10;1-8(2)5-4-7(6-8)9-3;1-8(2)4-3-7(5-8)6-9;2*1-7(2)4-3-6(8)5-7/h8-11,17H,4-7,12-16H2,1-3H3,(H,22,23);2-5H,1H3;7H,4-6H2,1-2H3;7H,3-6,9H2,1-2H3;3-5H2,1-2H3;3-4H,5H2,1-2H3. The molecule has 0 aliphatic heterocycles. The summed E-state index contributed by atoms with van der Waals surface area (Å²) in [5.74, 6) is 3.01. The molecule has 3 atom stereocenters. The minimum absolute atomic E-state index is 0.0224. The molecular formula is C59H92ClN3O5. The molecule has 5 aliphatic rings. The van der Waals surface area contributed by atoms with E-state index in [-0.39, 0.29) is 17.1 Å². The van der Waals surface area contributed by atoms with Crippen LogP contribution in [0.5, 0.6) is 5.75 Å². The fraction of sp³-hybridized carbons (Fsp3) is 0.678. The summed E-state index contributed by atoms with van der Waals surface area (Å²) in [6, 6.07) is 15.0. The lowest BCUT2D eigenvalue weighted by Crippen LogP contribution is -2.28. The summed E-state index contributed by atoms with van der Waals surface area (Å²) >= 11 is 5.22. The van der Waals surface area contributed by atoms with Crippen LogP contribution in [-0.4, -0.2) is 48.5 Å². The molecule has 0 spiro atoms. The molecule has 9 heteroatoms. The van der Waals surface area contributed by atoms with Crippen LogP contribution < -0.4 is 15.8 Å². The van der Waals surface area contributed by atoms with E-state index in [0.29, 0.717) is 57.0 Å². The second-order valence-electron chi connectivity index (χ2n) is 24.1. The number of nitrogens with one attached hydrogen (secondary N) is 1. The molecule has 380 valence electrons. The van der Waals surface area contributed by atoms with Gasteiger partial charge >= 0.3 is 0 Å². The zero-order chi connectivity index (χ0) is 51.2. The van der Waals surface area contributed by atoms with Crippen molar-refractivity contribution >= 4 is 34.3 Å². The summed E-state index contributed by atoms with van der Waals surface area (Å²) in [6.07, 6.45) is 23.0. The number of carbonyl (C=O) groups is 4. The largest absolute Gasteiger partial charge is 0.494 e. The number of ketones is 2. The fourth-order valence-electron chi connectivity index (χ4n) is 9.56. The molecule has 68 heavy (non-hydrogen) atoms. The number of halogens is 1. The van der Waals surface area contributed by atoms with Crippen molar-refractivity contribution in [3.63, 3.8) is 0 Å². The number of aryl methyl sites for hydroxylation is 1. The van der Waals surface area contributed by atoms with Gasteiger partial charge < -0.3 is 20.6 Å². The first-order valence-corrected chi connectivity index (χ1v) is 26.1. The Morgan fingerprint density at radius 2 is 1.29 bits per heavy atom. The number of hydrogen-bond donors (Lipinski definition) is 2. The molecule has 0 heterocycles. The van der Waals surface area contributed by atoms with Crippen LogP contribution in [0.1, 0.15) is 212 Å². The molecule has 0 radical (unpaired) electrons. The van der Waals surface area contributed by atoms with Crippen LogP contribution in [-0.2, 0) is 9.59 Å². The Hall–Kier alpha value is -3.80. The van der Waals surface area contributed by atoms with E-state index in [0.717, 1.165) is 75.5 Å². The van der Waals surface area contributed by atoms with E-state index in [1.165, 1.54) is 64.2 Å². The smallest absolute Gasteiger partial charge is 0.252 e. The minimum atomic E-state index is -0.403. The summed E-state index contributed by atoms with van der Waals surface area (Å²) in [7, 11) is 0. The zero-order valence-electron chi connectivity index (χ0n) is 44.6. The predicted molar refractivity (Wildman–Crippen MR) is 284 cm³/mol. The molecule has 7 rings (SSSR count). The Balaban J connectivity index is 0.000000302. The van der Waals surface area contributed by atoms with E-state index >= 15 is 0 Å². The maximum atomic E-state index is 12.3. The molecule has 1 amide bonds. The van der Waals surface area contributed by atoms with Gasteiger partial charge in [-0.15, -0.1) is 0 Å². The Bertz CT molecular complexity index is 1920. The average Bonchev–Trinajstić information content (AvgIpc) is 4.08. The predicted octanol–water partition coefficient (Wildman–Crippen LogP) is 15.1. The van der Waals surface area contributed by atoms with Crippen molar-refractivity contribution in [1.82, 2.24) is 5.32 Å². The number of Topliss-reactive ketones (excluding diaryl/α,β-unsaturated/α-hetero) is 1. The van der Waals surface area contributed by atoms with Crippen molar-refractivity contribution in [2.24, 2.45) is 44.6 Å². The number of unbranched alkanes of at least 4 members (excludes halogenated alkanes) is 3. The maximum absolute atomic E-state index is 12.3. The highest BCUT2D eigenvalue weighted by molar-refractivity contribution is 6.67. The third-order valence-electron chi connectivity index (χ3n) is 13.9. The van der Waals surface area contributed by atoms with Crippen LogP contribution in [0.4, 0.5) is 0 Å². The van der Waals surface area contributed by atoms with E-state index in [1.54, 1.807) is 18.2 Å². The first kappa shape index (κ1) is 60.3. The summed E-state index contributed by atoms with van der Waals surface area (Å²) in [5.41, 5.74) is 9.87. The van der Waals surface area contributed by atoms with Crippen molar-refractivity contribution in [2.75, 3.05) is 19.7 Å². The van der Waals surface area contributed by atoms with Gasteiger partial charge in [0.15, 0.2) is 5.78 Å². The molecule has 4 fully saturated rings. The third kappa shape index (κ3) is 25.7. The lowest BCUT2D eigenvalue weighted by atomic mass is 9.90. The van der Waals surface area contributed by atoms with Crippen LogP contribution in [0.25, 0.3) is 4.85 Å². The molecular weight excluding hydrogens is 866 g/mol. The number of rotatable bonds is 11. The van der Waals surface area contributed by atoms with E-state index in [9.17, 15) is 19.2 Å². The Labute approximate surface area is 419 Å². The van der Waals surface area contributed by atoms with Crippen molar-refractivity contribution in [3.8, 4) is 5.75 Å². The van der Waals surface area contributed by atoms with Crippen molar-refractivity contribution in [1.29, 1.82) is 0 Å². The van der Waals surface area contributed by atoms with Crippen LogP contribution in [0.2, 0.25) is 0 Å². The SMILES string of the molecule is CC1(C)C=CC(=O)C1.CC1(C)CCC(=O)C1.CC1(C)CCC(CN)C1.CCCCCCOc1ccc(C(=O)NCC2CCC(C)(C)C2)cc1.Cc1ccc(C(=O)Cl)cc1.[C-]#[N+]C1CCC(C)(C)C1. The molecule has 2 aromatic carbocycles. The molecule has 4 saturated carbocycles. The van der Waals surface area contributed by atoms with E-state index in [4.69, 9.17) is 28.6 Å². The van der Waals surface area contributed by atoms with Crippen molar-refractivity contribution in [2.45, 2.75) is 198 Å². The monoisotopic (exact) mass is 958 g/mol. The topological polar surface area (TPSA) is 120 Å². The quantitative estimate of drug-likeness (QED) is 0.131. The molecule has 0 aromatic heterocycles. The van der Waals surface area contributed by atoms with Gasteiger partial charge in [-0.1, -0.05) is 119 Å². The summed E-state index contributed by atoms with van der Waals surface area (Å²) in [4.78, 5) is 47.5. The number of carbonyl (C=O) groups excluding carboxylic acids is 4. The highest BCUT2D eigenvalue weighted by atomic mass is 35.5. The summed E-state index contributed by atoms with van der Waals surface area (Å²) in [5, 5.41) is 2.68. The molecule has 2 aromatic rings. The van der Waals surface area contributed by atoms with Crippen LogP contribution >= 0.6 is 11.6 Å². The van der Waals surface area contributed by atoms with Crippen LogP contribution in [0.15, 0.2) is 60.7 Å². The number of nitrogens with two attached hydrogens (primary N) is 1. The molecule has 0 bridgehead atoms. The lowest BCUT2D eigenvalue weighted by Gasteiger charge is -2.17. The zero-order valence-corrected chi connectivity index (χ0v) is 45.3. The van der Waals surface area contributed by atoms with Crippen molar-refractivity contribution in [3.05, 3.63) is 88.8 Å². The number of hydrogen-bond acceptors (Lipinski definition) is 6. The number of nitrogens with zero attached hydrogens (tertiary/aromatic N) is 1. The molecule has 0 saturated heterocycles. The van der Waals surface area contributed by atoms with Crippen LogP contribution in [0, 0.1) is 52.4 Å². The third-order valence-corrected chi connectivity index (χ3v) is 14.1. The van der Waals surface area contributed by atoms with Crippen molar-refractivity contribution < 1.29 is 23.9 Å². The Morgan fingerprint density at radius 3 is 1.65 bits per heavy atom.